The van der Waals surface area contributed by atoms with Crippen molar-refractivity contribution >= 4 is 11.9 Å². The summed E-state index contributed by atoms with van der Waals surface area (Å²) in [5, 5.41) is 4.00. The normalized spacial score (nSPS) is 16.0. The van der Waals surface area contributed by atoms with Crippen LogP contribution in [0.25, 0.3) is 11.5 Å². The van der Waals surface area contributed by atoms with E-state index in [1.165, 1.54) is 4.90 Å². The number of hydrogen-bond acceptors (Lipinski definition) is 5. The number of carbonyl (C=O) groups excluding carboxylic acids is 2. The maximum Gasteiger partial charge on any atom is 0.328 e. The molecular weight excluding hydrogens is 416 g/mol. The number of hydrogen-bond donors (Lipinski definition) is 0. The molecule has 1 atom stereocenters. The number of aromatic nitrogens is 2. The number of rotatable bonds is 6. The van der Waals surface area contributed by atoms with Crippen molar-refractivity contribution in [3.8, 4) is 11.5 Å². The largest absolute Gasteiger partial charge is 0.334 e. The Morgan fingerprint density at radius 2 is 1.52 bits per heavy atom. The van der Waals surface area contributed by atoms with Crippen LogP contribution < -0.4 is 0 Å². The molecule has 0 N–H and O–H groups in total. The molecule has 1 aromatic heterocycles. The zero-order valence-corrected chi connectivity index (χ0v) is 18.1. The van der Waals surface area contributed by atoms with Crippen LogP contribution in [0.1, 0.15) is 28.6 Å². The second kappa shape index (κ2) is 8.70. The number of imide groups is 1. The Morgan fingerprint density at radius 1 is 0.848 bits per heavy atom. The number of nitrogens with zero attached hydrogens (tertiary/aromatic N) is 4. The van der Waals surface area contributed by atoms with E-state index in [0.717, 1.165) is 22.3 Å². The Balaban J connectivity index is 1.42. The summed E-state index contributed by atoms with van der Waals surface area (Å²) in [6, 6.07) is 25.6. The number of urea groups is 1. The number of benzene rings is 3. The van der Waals surface area contributed by atoms with Crippen molar-refractivity contribution in [2.24, 2.45) is 0 Å². The van der Waals surface area contributed by atoms with E-state index in [0.29, 0.717) is 12.4 Å². The minimum Gasteiger partial charge on any atom is -0.334 e. The van der Waals surface area contributed by atoms with Gasteiger partial charge in [0.1, 0.15) is 6.04 Å². The van der Waals surface area contributed by atoms with Gasteiger partial charge in [-0.1, -0.05) is 83.5 Å². The minimum absolute atomic E-state index is 0.0539. The summed E-state index contributed by atoms with van der Waals surface area (Å²) in [5.74, 6) is 0.328. The molecule has 7 heteroatoms. The summed E-state index contributed by atoms with van der Waals surface area (Å²) < 4.78 is 5.38. The smallest absolute Gasteiger partial charge is 0.328 e. The molecule has 1 fully saturated rings. The molecule has 5 rings (SSSR count). The highest BCUT2D eigenvalue weighted by Crippen LogP contribution is 2.33. The van der Waals surface area contributed by atoms with Crippen LogP contribution in [0, 0.1) is 6.92 Å². The van der Waals surface area contributed by atoms with E-state index in [4.69, 9.17) is 4.52 Å². The number of aryl methyl sites for hydroxylation is 1. The topological polar surface area (TPSA) is 79.5 Å². The fraction of sp³-hybridized carbons (Fsp3) is 0.154. The fourth-order valence-corrected chi connectivity index (χ4v) is 3.96. The van der Waals surface area contributed by atoms with Crippen LogP contribution in [-0.4, -0.2) is 31.9 Å². The van der Waals surface area contributed by atoms with E-state index in [1.54, 1.807) is 4.90 Å². The third-order valence-corrected chi connectivity index (χ3v) is 5.67. The standard InChI is InChI=1S/C26H22N4O3/c1-18-12-14-21(15-13-18)24-27-22(28-33-24)17-30-25(31)23(20-10-6-3-7-11-20)29(26(30)32)16-19-8-4-2-5-9-19/h2-15,23H,16-17H2,1H3. The van der Waals surface area contributed by atoms with Gasteiger partial charge in [-0.25, -0.2) is 4.79 Å². The van der Waals surface area contributed by atoms with Gasteiger partial charge in [0.05, 0.1) is 6.54 Å². The van der Waals surface area contributed by atoms with E-state index in [2.05, 4.69) is 10.1 Å². The number of carbonyl (C=O) groups is 2. The molecule has 1 saturated heterocycles. The molecule has 164 valence electrons. The predicted octanol–water partition coefficient (Wildman–Crippen LogP) is 4.75. The molecule has 7 nitrogen and oxygen atoms in total. The van der Waals surface area contributed by atoms with Crippen LogP contribution in [0.5, 0.6) is 0 Å². The Kier molecular flexibility index (Phi) is 5.44. The van der Waals surface area contributed by atoms with Crippen LogP contribution in [0.2, 0.25) is 0 Å². The fourth-order valence-electron chi connectivity index (χ4n) is 3.96. The summed E-state index contributed by atoms with van der Waals surface area (Å²) in [7, 11) is 0. The lowest BCUT2D eigenvalue weighted by atomic mass is 10.1. The van der Waals surface area contributed by atoms with Crippen molar-refractivity contribution in [3.63, 3.8) is 0 Å². The molecule has 3 amide bonds. The first-order chi connectivity index (χ1) is 16.1. The molecule has 0 bridgehead atoms. The van der Waals surface area contributed by atoms with Gasteiger partial charge in [0, 0.05) is 12.1 Å². The van der Waals surface area contributed by atoms with Gasteiger partial charge in [-0.15, -0.1) is 0 Å². The van der Waals surface area contributed by atoms with Crippen molar-refractivity contribution in [3.05, 3.63) is 107 Å². The first-order valence-corrected chi connectivity index (χ1v) is 10.7. The highest BCUT2D eigenvalue weighted by molar-refractivity contribution is 6.04. The van der Waals surface area contributed by atoms with Gasteiger partial charge < -0.3 is 9.42 Å². The van der Waals surface area contributed by atoms with Gasteiger partial charge in [0.2, 0.25) is 0 Å². The van der Waals surface area contributed by atoms with Gasteiger partial charge in [-0.3, -0.25) is 9.69 Å². The molecule has 1 aliphatic heterocycles. The molecule has 3 aromatic carbocycles. The van der Waals surface area contributed by atoms with Crippen molar-refractivity contribution in [2.75, 3.05) is 0 Å². The van der Waals surface area contributed by atoms with Gasteiger partial charge in [-0.05, 0) is 30.2 Å². The minimum atomic E-state index is -0.706. The summed E-state index contributed by atoms with van der Waals surface area (Å²) >= 11 is 0. The lowest BCUT2D eigenvalue weighted by Gasteiger charge is -2.22. The molecule has 1 unspecified atom stereocenters. The highest BCUT2D eigenvalue weighted by Gasteiger charge is 2.46. The molecule has 33 heavy (non-hydrogen) atoms. The average molecular weight is 438 g/mol. The van der Waals surface area contributed by atoms with Crippen LogP contribution in [0.15, 0.2) is 89.5 Å². The summed E-state index contributed by atoms with van der Waals surface area (Å²) in [5.41, 5.74) is 3.62. The third-order valence-electron chi connectivity index (χ3n) is 5.67. The van der Waals surface area contributed by atoms with E-state index in [-0.39, 0.29) is 24.3 Å². The van der Waals surface area contributed by atoms with Gasteiger partial charge in [0.25, 0.3) is 11.8 Å². The average Bonchev–Trinajstić information content (AvgIpc) is 3.40. The maximum absolute atomic E-state index is 13.4. The lowest BCUT2D eigenvalue weighted by Crippen LogP contribution is -2.32. The Bertz CT molecular complexity index is 1270. The molecule has 1 aliphatic rings. The van der Waals surface area contributed by atoms with Crippen molar-refractivity contribution in [1.82, 2.24) is 19.9 Å². The summed E-state index contributed by atoms with van der Waals surface area (Å²) in [6.07, 6.45) is 0. The molecule has 2 heterocycles. The summed E-state index contributed by atoms with van der Waals surface area (Å²) in [4.78, 5) is 34.0. The monoisotopic (exact) mass is 438 g/mol. The van der Waals surface area contributed by atoms with Crippen molar-refractivity contribution < 1.29 is 14.1 Å². The van der Waals surface area contributed by atoms with Crippen LogP contribution in [0.3, 0.4) is 0 Å². The highest BCUT2D eigenvalue weighted by atomic mass is 16.5. The van der Waals surface area contributed by atoms with Crippen LogP contribution >= 0.6 is 0 Å². The van der Waals surface area contributed by atoms with E-state index < -0.39 is 6.04 Å². The summed E-state index contributed by atoms with van der Waals surface area (Å²) in [6.45, 7) is 2.27. The zero-order chi connectivity index (χ0) is 22.8. The maximum atomic E-state index is 13.4. The molecular formula is C26H22N4O3. The van der Waals surface area contributed by atoms with E-state index >= 15 is 0 Å². The molecule has 0 spiro atoms. The second-order valence-electron chi connectivity index (χ2n) is 8.02. The third kappa shape index (κ3) is 4.13. The lowest BCUT2D eigenvalue weighted by molar-refractivity contribution is -0.129. The van der Waals surface area contributed by atoms with Crippen LogP contribution in [0.4, 0.5) is 4.79 Å². The second-order valence-corrected chi connectivity index (χ2v) is 8.02. The Labute approximate surface area is 191 Å². The SMILES string of the molecule is Cc1ccc(-c2nc(CN3C(=O)C(c4ccccc4)N(Cc4ccccc4)C3=O)no2)cc1. The number of amides is 3. The van der Waals surface area contributed by atoms with E-state index in [1.807, 2.05) is 91.9 Å². The predicted molar refractivity (Wildman–Crippen MR) is 122 cm³/mol. The van der Waals surface area contributed by atoms with Gasteiger partial charge in [-0.2, -0.15) is 4.98 Å². The molecule has 0 aliphatic carbocycles. The Morgan fingerprint density at radius 3 is 2.21 bits per heavy atom. The van der Waals surface area contributed by atoms with Crippen LogP contribution in [-0.2, 0) is 17.9 Å². The molecule has 0 radical (unpaired) electrons. The first kappa shape index (κ1) is 20.6. The van der Waals surface area contributed by atoms with Gasteiger partial charge >= 0.3 is 6.03 Å². The van der Waals surface area contributed by atoms with Crippen molar-refractivity contribution in [2.45, 2.75) is 26.1 Å². The zero-order valence-electron chi connectivity index (χ0n) is 18.1. The Hall–Kier alpha value is -4.26. The first-order valence-electron chi connectivity index (χ1n) is 10.7. The van der Waals surface area contributed by atoms with Crippen molar-refractivity contribution in [1.29, 1.82) is 0 Å². The molecule has 0 saturated carbocycles. The molecule has 4 aromatic rings. The van der Waals surface area contributed by atoms with Gasteiger partial charge in [0.15, 0.2) is 5.82 Å². The quantitative estimate of drug-likeness (QED) is 0.406. The van der Waals surface area contributed by atoms with E-state index in [9.17, 15) is 9.59 Å².